The van der Waals surface area contributed by atoms with E-state index in [1.807, 2.05) is 24.3 Å². The van der Waals surface area contributed by atoms with E-state index in [2.05, 4.69) is 31.2 Å². The number of fused-ring (bicyclic) bond motifs is 2. The zero-order valence-electron chi connectivity index (χ0n) is 27.8. The lowest BCUT2D eigenvalue weighted by Gasteiger charge is -2.29. The Morgan fingerprint density at radius 3 is 2.46 bits per heavy atom. The normalized spacial score (nSPS) is 15.5. The molecule has 3 heterocycles. The number of unbranched alkanes of at least 4 members (excludes halogenated alkanes) is 1. The van der Waals surface area contributed by atoms with Crippen LogP contribution in [-0.4, -0.2) is 64.9 Å². The lowest BCUT2D eigenvalue weighted by Crippen LogP contribution is -2.58. The molecule has 0 aliphatic carbocycles. The quantitative estimate of drug-likeness (QED) is 0.109. The number of rotatable bonds is 16. The third-order valence-electron chi connectivity index (χ3n) is 8.37. The number of aromatic nitrogens is 2. The van der Waals surface area contributed by atoms with Crippen LogP contribution in [0, 0.1) is 0 Å². The van der Waals surface area contributed by atoms with Crippen molar-refractivity contribution in [1.29, 1.82) is 0 Å². The summed E-state index contributed by atoms with van der Waals surface area (Å²) in [6, 6.07) is 14.9. The van der Waals surface area contributed by atoms with Gasteiger partial charge in [0.25, 0.3) is 0 Å². The van der Waals surface area contributed by atoms with Crippen molar-refractivity contribution in [2.45, 2.75) is 76.0 Å². The molecule has 0 fully saturated rings. The summed E-state index contributed by atoms with van der Waals surface area (Å²) < 4.78 is 6.61. The minimum Gasteiger partial charge on any atom is -0.493 e. The van der Waals surface area contributed by atoms with E-state index in [-0.39, 0.29) is 37.1 Å². The number of ether oxygens (including phenoxy) is 1. The molecular formula is C36H42ClN7O5S. The summed E-state index contributed by atoms with van der Waals surface area (Å²) in [5.41, 5.74) is 7.91. The Bertz CT molecular complexity index is 1790. The third kappa shape index (κ3) is 9.99. The van der Waals surface area contributed by atoms with Crippen LogP contribution in [0.1, 0.15) is 61.3 Å². The lowest BCUT2D eigenvalue weighted by atomic mass is 9.99. The number of pyridine rings is 1. The highest BCUT2D eigenvalue weighted by Gasteiger charge is 2.32. The smallest absolute Gasteiger partial charge is 0.243 e. The lowest BCUT2D eigenvalue weighted by molar-refractivity contribution is -0.134. The monoisotopic (exact) mass is 719 g/mol. The molecule has 50 heavy (non-hydrogen) atoms. The number of nitrogens with one attached hydrogen (secondary N) is 4. The fourth-order valence-electron chi connectivity index (χ4n) is 5.72. The summed E-state index contributed by atoms with van der Waals surface area (Å²) >= 11 is 7.54. The standard InChI is InChI=1S/C36H42ClN7O5S/c1-2-32(45)40-29(21-33-41-26-14-13-22(37)19-31(26)50-33)36(48)44-28(20-23-9-6-8-17-39-23)35(47)43-27(11-5-7-16-38)34(46)42-25-15-18-49-30-12-4-3-10-24(25)30/h3-4,6,8-10,12-14,17,19,25,27-29H,2,5,7,11,15-16,18,20-21,38H2,1H3,(H,40,45)(H,42,46)(H,43,47)(H,44,48)/t25-,27+,28+,29+/m1/s1. The molecule has 14 heteroatoms. The number of para-hydroxylation sites is 1. The van der Waals surface area contributed by atoms with Gasteiger partial charge in [0.05, 0.1) is 27.9 Å². The Morgan fingerprint density at radius 1 is 0.940 bits per heavy atom. The molecular weight excluding hydrogens is 678 g/mol. The predicted octanol–water partition coefficient (Wildman–Crippen LogP) is 3.76. The molecule has 5 rings (SSSR count). The zero-order valence-corrected chi connectivity index (χ0v) is 29.4. The number of thiazole rings is 1. The Labute approximate surface area is 299 Å². The Morgan fingerprint density at radius 2 is 1.70 bits per heavy atom. The molecule has 2 aromatic carbocycles. The van der Waals surface area contributed by atoms with E-state index in [0.717, 1.165) is 15.8 Å². The third-order valence-corrected chi connectivity index (χ3v) is 9.65. The predicted molar refractivity (Wildman–Crippen MR) is 193 cm³/mol. The van der Waals surface area contributed by atoms with Crippen LogP contribution >= 0.6 is 22.9 Å². The number of hydrogen-bond acceptors (Lipinski definition) is 9. The van der Waals surface area contributed by atoms with Crippen molar-refractivity contribution < 1.29 is 23.9 Å². The molecule has 0 unspecified atom stereocenters. The molecule has 1 aliphatic rings. The number of amides is 4. The van der Waals surface area contributed by atoms with Gasteiger partial charge in [0, 0.05) is 48.2 Å². The minimum absolute atomic E-state index is 0.0526. The van der Waals surface area contributed by atoms with Gasteiger partial charge in [-0.1, -0.05) is 42.8 Å². The van der Waals surface area contributed by atoms with E-state index in [0.29, 0.717) is 60.3 Å². The summed E-state index contributed by atoms with van der Waals surface area (Å²) in [6.45, 7) is 2.58. The maximum Gasteiger partial charge on any atom is 0.243 e. The van der Waals surface area contributed by atoms with Crippen LogP contribution in [0.25, 0.3) is 10.2 Å². The second kappa shape index (κ2) is 17.9. The summed E-state index contributed by atoms with van der Waals surface area (Å²) in [5.74, 6) is -1.08. The Balaban J connectivity index is 1.35. The molecule has 2 aromatic heterocycles. The fraction of sp³-hybridized carbons (Fsp3) is 0.389. The van der Waals surface area contributed by atoms with Gasteiger partial charge in [-0.15, -0.1) is 11.3 Å². The van der Waals surface area contributed by atoms with Crippen LogP contribution in [0.4, 0.5) is 0 Å². The molecule has 4 amide bonds. The van der Waals surface area contributed by atoms with Crippen LogP contribution < -0.4 is 31.7 Å². The van der Waals surface area contributed by atoms with Gasteiger partial charge in [-0.2, -0.15) is 0 Å². The first-order valence-corrected chi connectivity index (χ1v) is 18.0. The van der Waals surface area contributed by atoms with E-state index in [9.17, 15) is 19.2 Å². The second-order valence-electron chi connectivity index (χ2n) is 12.1. The van der Waals surface area contributed by atoms with E-state index >= 15 is 0 Å². The Hall–Kier alpha value is -4.59. The van der Waals surface area contributed by atoms with Gasteiger partial charge in [-0.05, 0) is 62.2 Å². The van der Waals surface area contributed by atoms with Crippen LogP contribution in [0.3, 0.4) is 0 Å². The van der Waals surface area contributed by atoms with Crippen molar-refractivity contribution in [3.05, 3.63) is 88.1 Å². The number of carbonyl (C=O) groups is 4. The van der Waals surface area contributed by atoms with Crippen molar-refractivity contribution in [1.82, 2.24) is 31.2 Å². The average Bonchev–Trinajstić information content (AvgIpc) is 3.52. The number of nitrogens with zero attached hydrogens (tertiary/aromatic N) is 2. The first-order valence-electron chi connectivity index (χ1n) is 16.8. The molecule has 12 nitrogen and oxygen atoms in total. The van der Waals surface area contributed by atoms with Gasteiger partial charge in [0.15, 0.2) is 0 Å². The van der Waals surface area contributed by atoms with E-state index in [4.69, 9.17) is 22.1 Å². The van der Waals surface area contributed by atoms with E-state index < -0.39 is 29.9 Å². The summed E-state index contributed by atoms with van der Waals surface area (Å²) in [5, 5.41) is 12.8. The van der Waals surface area contributed by atoms with Crippen LogP contribution in [0.5, 0.6) is 5.75 Å². The maximum atomic E-state index is 14.0. The molecule has 0 saturated heterocycles. The van der Waals surface area contributed by atoms with Crippen molar-refractivity contribution >= 4 is 56.8 Å². The number of halogens is 1. The largest absolute Gasteiger partial charge is 0.493 e. The molecule has 0 saturated carbocycles. The van der Waals surface area contributed by atoms with Crippen LogP contribution in [0.2, 0.25) is 5.02 Å². The first kappa shape index (κ1) is 36.7. The second-order valence-corrected chi connectivity index (χ2v) is 13.6. The maximum absolute atomic E-state index is 14.0. The van der Waals surface area contributed by atoms with Crippen molar-refractivity contribution in [3.8, 4) is 5.75 Å². The Kier molecular flexibility index (Phi) is 13.1. The molecule has 264 valence electrons. The van der Waals surface area contributed by atoms with Gasteiger partial charge in [0.2, 0.25) is 23.6 Å². The molecule has 0 radical (unpaired) electrons. The topological polar surface area (TPSA) is 177 Å². The van der Waals surface area contributed by atoms with Crippen molar-refractivity contribution in [2.24, 2.45) is 5.73 Å². The van der Waals surface area contributed by atoms with Gasteiger partial charge in [-0.25, -0.2) is 4.98 Å². The SMILES string of the molecule is CCC(=O)N[C@@H](Cc1nc2ccc(Cl)cc2s1)C(=O)N[C@@H](Cc1ccccn1)C(=O)N[C@@H](CCCCN)C(=O)N[C@@H]1CCOc2ccccc21. The molecule has 4 atom stereocenters. The molecule has 0 spiro atoms. The van der Waals surface area contributed by atoms with Gasteiger partial charge < -0.3 is 31.7 Å². The highest BCUT2D eigenvalue weighted by Crippen LogP contribution is 2.31. The number of hydrogen-bond donors (Lipinski definition) is 5. The van der Waals surface area contributed by atoms with Gasteiger partial charge >= 0.3 is 0 Å². The zero-order chi connectivity index (χ0) is 35.5. The first-order chi connectivity index (χ1) is 24.2. The molecule has 1 aliphatic heterocycles. The summed E-state index contributed by atoms with van der Waals surface area (Å²) in [4.78, 5) is 63.2. The molecule has 4 aromatic rings. The van der Waals surface area contributed by atoms with Crippen molar-refractivity contribution in [3.63, 3.8) is 0 Å². The number of nitrogens with two attached hydrogens (primary N) is 1. The van der Waals surface area contributed by atoms with Crippen molar-refractivity contribution in [2.75, 3.05) is 13.2 Å². The summed E-state index contributed by atoms with van der Waals surface area (Å²) in [6.07, 6.45) is 4.12. The van der Waals surface area contributed by atoms with E-state index in [1.54, 1.807) is 49.5 Å². The number of carbonyl (C=O) groups excluding carboxylic acids is 4. The molecule has 0 bridgehead atoms. The highest BCUT2D eigenvalue weighted by molar-refractivity contribution is 7.18. The summed E-state index contributed by atoms with van der Waals surface area (Å²) in [7, 11) is 0. The number of benzene rings is 2. The minimum atomic E-state index is -1.11. The average molecular weight is 720 g/mol. The van der Waals surface area contributed by atoms with E-state index in [1.165, 1.54) is 11.3 Å². The molecule has 6 N–H and O–H groups in total. The fourth-order valence-corrected chi connectivity index (χ4v) is 7.01. The van der Waals surface area contributed by atoms with Crippen LogP contribution in [-0.2, 0) is 32.0 Å². The van der Waals surface area contributed by atoms with Crippen LogP contribution in [0.15, 0.2) is 66.9 Å². The highest BCUT2D eigenvalue weighted by atomic mass is 35.5. The van der Waals surface area contributed by atoms with Gasteiger partial charge in [0.1, 0.15) is 23.9 Å². The van der Waals surface area contributed by atoms with Gasteiger partial charge in [-0.3, -0.25) is 24.2 Å².